The van der Waals surface area contributed by atoms with Crippen LogP contribution in [0, 0.1) is 5.92 Å². The van der Waals surface area contributed by atoms with Crippen molar-refractivity contribution in [2.24, 2.45) is 11.7 Å². The number of nitrogens with two attached hydrogens (primary N) is 1. The van der Waals surface area contributed by atoms with E-state index in [-0.39, 0.29) is 5.54 Å². The predicted octanol–water partition coefficient (Wildman–Crippen LogP) is 1.09. The van der Waals surface area contributed by atoms with E-state index >= 15 is 0 Å². The molecule has 2 aliphatic rings. The van der Waals surface area contributed by atoms with E-state index in [0.29, 0.717) is 6.04 Å². The minimum atomic E-state index is 0.289. The van der Waals surface area contributed by atoms with Crippen LogP contribution in [0.15, 0.2) is 0 Å². The molecule has 2 saturated heterocycles. The Labute approximate surface area is 110 Å². The van der Waals surface area contributed by atoms with Crippen molar-refractivity contribution in [3.8, 4) is 0 Å². The Morgan fingerprint density at radius 2 is 2.18 bits per heavy atom. The van der Waals surface area contributed by atoms with Gasteiger partial charge in [0.1, 0.15) is 0 Å². The van der Waals surface area contributed by atoms with Crippen LogP contribution in [-0.4, -0.2) is 66.1 Å². The van der Waals surface area contributed by atoms with E-state index in [9.17, 15) is 0 Å². The number of rotatable bonds is 3. The lowest BCUT2D eigenvalue weighted by molar-refractivity contribution is 0.00682. The van der Waals surface area contributed by atoms with E-state index in [1.54, 1.807) is 0 Å². The van der Waals surface area contributed by atoms with Gasteiger partial charge in [-0.3, -0.25) is 9.80 Å². The zero-order chi connectivity index (χ0) is 12.5. The fourth-order valence-corrected chi connectivity index (χ4v) is 4.38. The Morgan fingerprint density at radius 3 is 2.71 bits per heavy atom. The standard InChI is InChI=1S/C13H27N3S/c1-13(2)10-16(6-5-15(13)3)12(8-14)11-4-7-17-9-11/h11-12H,4-10,14H2,1-3H3. The maximum Gasteiger partial charge on any atom is 0.0277 e. The number of nitrogens with zero attached hydrogens (tertiary/aromatic N) is 2. The Morgan fingerprint density at radius 1 is 1.41 bits per heavy atom. The van der Waals surface area contributed by atoms with Gasteiger partial charge in [0.05, 0.1) is 0 Å². The second kappa shape index (κ2) is 5.47. The summed E-state index contributed by atoms with van der Waals surface area (Å²) in [7, 11) is 2.24. The molecule has 0 bridgehead atoms. The van der Waals surface area contributed by atoms with Crippen LogP contribution in [0.2, 0.25) is 0 Å². The number of thioether (sulfide) groups is 1. The molecule has 2 rings (SSSR count). The molecule has 3 nitrogen and oxygen atoms in total. The summed E-state index contributed by atoms with van der Waals surface area (Å²) in [5.41, 5.74) is 6.33. The van der Waals surface area contributed by atoms with Crippen LogP contribution in [-0.2, 0) is 0 Å². The highest BCUT2D eigenvalue weighted by atomic mass is 32.2. The van der Waals surface area contributed by atoms with Crippen LogP contribution in [0.4, 0.5) is 0 Å². The number of likely N-dealkylation sites (N-methyl/N-ethyl adjacent to an activating group) is 1. The quantitative estimate of drug-likeness (QED) is 0.820. The van der Waals surface area contributed by atoms with Crippen LogP contribution < -0.4 is 5.73 Å². The fraction of sp³-hybridized carbons (Fsp3) is 1.00. The Hall–Kier alpha value is 0.230. The minimum absolute atomic E-state index is 0.289. The monoisotopic (exact) mass is 257 g/mol. The molecule has 2 unspecified atom stereocenters. The molecule has 0 amide bonds. The van der Waals surface area contributed by atoms with Crippen LogP contribution in [0.3, 0.4) is 0 Å². The molecule has 2 atom stereocenters. The van der Waals surface area contributed by atoms with Crippen molar-refractivity contribution in [3.05, 3.63) is 0 Å². The van der Waals surface area contributed by atoms with Crippen LogP contribution in [0.1, 0.15) is 20.3 Å². The number of piperazine rings is 1. The van der Waals surface area contributed by atoms with Gasteiger partial charge in [-0.25, -0.2) is 0 Å². The van der Waals surface area contributed by atoms with Crippen molar-refractivity contribution in [1.82, 2.24) is 9.80 Å². The molecule has 0 spiro atoms. The highest BCUT2D eigenvalue weighted by Gasteiger charge is 2.37. The summed E-state index contributed by atoms with van der Waals surface area (Å²) in [5, 5.41) is 0. The lowest BCUT2D eigenvalue weighted by Crippen LogP contribution is -2.62. The molecule has 100 valence electrons. The number of hydrogen-bond acceptors (Lipinski definition) is 4. The van der Waals surface area contributed by atoms with Crippen LogP contribution in [0.5, 0.6) is 0 Å². The largest absolute Gasteiger partial charge is 0.329 e. The molecule has 0 aliphatic carbocycles. The average molecular weight is 257 g/mol. The lowest BCUT2D eigenvalue weighted by Gasteiger charge is -2.49. The van der Waals surface area contributed by atoms with Gasteiger partial charge in [-0.1, -0.05) is 0 Å². The summed E-state index contributed by atoms with van der Waals surface area (Å²) in [5.74, 6) is 3.47. The second-order valence-corrected chi connectivity index (χ2v) is 7.28. The number of hydrogen-bond donors (Lipinski definition) is 1. The SMILES string of the molecule is CN1CCN(C(CN)C2CCSC2)CC1(C)C. The summed E-state index contributed by atoms with van der Waals surface area (Å²) >= 11 is 2.10. The van der Waals surface area contributed by atoms with Crippen molar-refractivity contribution in [2.45, 2.75) is 31.8 Å². The molecule has 2 fully saturated rings. The van der Waals surface area contributed by atoms with E-state index in [4.69, 9.17) is 5.73 Å². The first kappa shape index (κ1) is 13.7. The Balaban J connectivity index is 2.00. The fourth-order valence-electron chi connectivity index (χ4n) is 3.06. The molecule has 0 radical (unpaired) electrons. The molecular weight excluding hydrogens is 230 g/mol. The van der Waals surface area contributed by atoms with Crippen molar-refractivity contribution >= 4 is 11.8 Å². The highest BCUT2D eigenvalue weighted by Crippen LogP contribution is 2.30. The van der Waals surface area contributed by atoms with Crippen molar-refractivity contribution in [1.29, 1.82) is 0 Å². The summed E-state index contributed by atoms with van der Waals surface area (Å²) in [4.78, 5) is 5.12. The van der Waals surface area contributed by atoms with Gasteiger partial charge in [-0.05, 0) is 44.7 Å². The van der Waals surface area contributed by atoms with Gasteiger partial charge >= 0.3 is 0 Å². The lowest BCUT2D eigenvalue weighted by atomic mass is 9.92. The second-order valence-electron chi connectivity index (χ2n) is 6.13. The maximum atomic E-state index is 6.04. The molecule has 2 heterocycles. The van der Waals surface area contributed by atoms with E-state index in [0.717, 1.165) is 19.0 Å². The topological polar surface area (TPSA) is 32.5 Å². The predicted molar refractivity (Wildman–Crippen MR) is 76.6 cm³/mol. The molecule has 2 aliphatic heterocycles. The molecule has 0 aromatic heterocycles. The van der Waals surface area contributed by atoms with Crippen molar-refractivity contribution in [3.63, 3.8) is 0 Å². The van der Waals surface area contributed by atoms with Gasteiger partial charge in [0.25, 0.3) is 0 Å². The summed E-state index contributed by atoms with van der Waals surface area (Å²) in [6.07, 6.45) is 1.36. The first-order chi connectivity index (χ1) is 8.04. The zero-order valence-corrected chi connectivity index (χ0v) is 12.3. The van der Waals surface area contributed by atoms with E-state index in [1.807, 2.05) is 0 Å². The third-order valence-corrected chi connectivity index (χ3v) is 5.75. The van der Waals surface area contributed by atoms with Crippen LogP contribution >= 0.6 is 11.8 Å². The molecule has 2 N–H and O–H groups in total. The zero-order valence-electron chi connectivity index (χ0n) is 11.5. The first-order valence-electron chi connectivity index (χ1n) is 6.77. The third kappa shape index (κ3) is 2.98. The minimum Gasteiger partial charge on any atom is -0.329 e. The van der Waals surface area contributed by atoms with Crippen LogP contribution in [0.25, 0.3) is 0 Å². The summed E-state index contributed by atoms with van der Waals surface area (Å²) in [6, 6.07) is 0.609. The van der Waals surface area contributed by atoms with Crippen molar-refractivity contribution < 1.29 is 0 Å². The van der Waals surface area contributed by atoms with Gasteiger partial charge in [0.2, 0.25) is 0 Å². The maximum absolute atomic E-state index is 6.04. The Bertz CT molecular complexity index is 251. The average Bonchev–Trinajstić information content (AvgIpc) is 2.77. The first-order valence-corrected chi connectivity index (χ1v) is 7.93. The normalized spacial score (nSPS) is 32.8. The Kier molecular flexibility index (Phi) is 4.40. The van der Waals surface area contributed by atoms with Gasteiger partial charge in [0.15, 0.2) is 0 Å². The summed E-state index contributed by atoms with van der Waals surface area (Å²) < 4.78 is 0. The highest BCUT2D eigenvalue weighted by molar-refractivity contribution is 7.99. The molecule has 0 aromatic carbocycles. The smallest absolute Gasteiger partial charge is 0.0277 e. The van der Waals surface area contributed by atoms with Gasteiger partial charge in [-0.2, -0.15) is 11.8 Å². The third-order valence-electron chi connectivity index (χ3n) is 4.57. The molecule has 0 aromatic rings. The molecule has 4 heteroatoms. The molecular formula is C13H27N3S. The van der Waals surface area contributed by atoms with Crippen molar-refractivity contribution in [2.75, 3.05) is 44.7 Å². The van der Waals surface area contributed by atoms with E-state index in [1.165, 1.54) is 31.0 Å². The van der Waals surface area contributed by atoms with Gasteiger partial charge < -0.3 is 5.73 Å². The van der Waals surface area contributed by atoms with E-state index in [2.05, 4.69) is 42.5 Å². The molecule has 0 saturated carbocycles. The van der Waals surface area contributed by atoms with Gasteiger partial charge in [-0.15, -0.1) is 0 Å². The van der Waals surface area contributed by atoms with Gasteiger partial charge in [0, 0.05) is 37.8 Å². The molecule has 17 heavy (non-hydrogen) atoms. The summed E-state index contributed by atoms with van der Waals surface area (Å²) in [6.45, 7) is 9.02. The van der Waals surface area contributed by atoms with E-state index < -0.39 is 0 Å².